The molecule has 0 aromatic rings. The van der Waals surface area contributed by atoms with Gasteiger partial charge in [0.1, 0.15) is 13.2 Å². The Hall–Kier alpha value is -5.49. The number of carbonyl (C=O) groups is 3. The summed E-state index contributed by atoms with van der Waals surface area (Å²) in [6.07, 6.45) is 103. The van der Waals surface area contributed by atoms with Crippen LogP contribution in [0.3, 0.4) is 0 Å². The Labute approximate surface area is 510 Å². The maximum absolute atomic E-state index is 12.9. The van der Waals surface area contributed by atoms with Crippen molar-refractivity contribution in [3.63, 3.8) is 0 Å². The molecule has 0 fully saturated rings. The molecule has 0 radical (unpaired) electrons. The van der Waals surface area contributed by atoms with Gasteiger partial charge in [-0.3, -0.25) is 14.4 Å². The SMILES string of the molecule is CC/C=C\C/C=C\C/C=C\C/C=C\C/C=C\C/C=C\C/C=C\C/C=C\CCCCCCCCCCC(=O)OCC(COC(=O)CCCC/C=C\C/C=C\C/C=C\C/C=C\CC)OC(=O)CCCCCCCCC/C=C\C/C=C\C/C=C\CC. The Morgan fingerprint density at radius 2 is 0.434 bits per heavy atom. The summed E-state index contributed by atoms with van der Waals surface area (Å²) < 4.78 is 16.9. The first-order valence-electron chi connectivity index (χ1n) is 33.3. The monoisotopic (exact) mass is 1140 g/mol. The van der Waals surface area contributed by atoms with Crippen LogP contribution in [0.5, 0.6) is 0 Å². The van der Waals surface area contributed by atoms with Crippen molar-refractivity contribution in [2.45, 2.75) is 271 Å². The fraction of sp³-hybridized carbons (Fsp3) is 0.571. The number of esters is 3. The fourth-order valence-electron chi connectivity index (χ4n) is 8.52. The van der Waals surface area contributed by atoms with Crippen LogP contribution in [-0.2, 0) is 28.6 Å². The Bertz CT molecular complexity index is 1940. The Balaban J connectivity index is 4.38. The summed E-state index contributed by atoms with van der Waals surface area (Å²) in [6, 6.07) is 0. The molecule has 0 aliphatic rings. The maximum atomic E-state index is 12.9. The second-order valence-corrected chi connectivity index (χ2v) is 21.2. The van der Waals surface area contributed by atoms with E-state index in [2.05, 4.69) is 203 Å². The van der Waals surface area contributed by atoms with Gasteiger partial charge in [0, 0.05) is 19.3 Å². The number of hydrogen-bond donors (Lipinski definition) is 0. The van der Waals surface area contributed by atoms with Crippen molar-refractivity contribution in [1.29, 1.82) is 0 Å². The average molecular weight is 1140 g/mol. The van der Waals surface area contributed by atoms with Gasteiger partial charge in [-0.25, -0.2) is 0 Å². The Kier molecular flexibility index (Phi) is 64.4. The Morgan fingerprint density at radius 1 is 0.241 bits per heavy atom. The molecule has 0 amide bonds. The van der Waals surface area contributed by atoms with Crippen molar-refractivity contribution in [2.75, 3.05) is 13.2 Å². The molecule has 0 bridgehead atoms. The lowest BCUT2D eigenvalue weighted by molar-refractivity contribution is -0.167. The number of ether oxygens (including phenoxy) is 3. The first kappa shape index (κ1) is 77.5. The van der Waals surface area contributed by atoms with Crippen LogP contribution in [0.4, 0.5) is 0 Å². The molecule has 83 heavy (non-hydrogen) atoms. The van der Waals surface area contributed by atoms with E-state index in [0.29, 0.717) is 25.7 Å². The third-order valence-electron chi connectivity index (χ3n) is 13.4. The van der Waals surface area contributed by atoms with Gasteiger partial charge in [-0.05, 0) is 154 Å². The van der Waals surface area contributed by atoms with Crippen molar-refractivity contribution in [3.05, 3.63) is 182 Å². The molecule has 464 valence electrons. The molecule has 1 atom stereocenters. The quantitative estimate of drug-likeness (QED) is 0.0261. The lowest BCUT2D eigenvalue weighted by Gasteiger charge is -2.18. The summed E-state index contributed by atoms with van der Waals surface area (Å²) in [5, 5.41) is 0. The highest BCUT2D eigenvalue weighted by molar-refractivity contribution is 5.71. The van der Waals surface area contributed by atoms with Crippen molar-refractivity contribution in [1.82, 2.24) is 0 Å². The standard InChI is InChI=1S/C77H120O6/c1-4-7-10-13-16-19-22-25-28-30-31-32-33-34-35-36-37-38-39-40-41-42-43-44-45-47-49-52-55-58-61-64-67-70-76(79)82-73-74(72-81-75(78)69-66-63-60-57-54-51-48-27-24-21-18-15-12-9-6-3)83-77(80)71-68-65-62-59-56-53-50-46-29-26-23-20-17-14-11-8-5-2/h7-12,16-21,25-29,31-32,34-35,37-38,40-41,43-44,48,54,57,74H,4-6,13-15,22-24,30,33,36,39,42,45-47,49-53,55-56,58-73H2,1-3H3/b10-7-,11-8-,12-9-,19-16-,20-17-,21-18-,28-25-,29-26-,32-31-,35-34-,38-37-,41-40-,44-43-,48-27-,57-54-. The van der Waals surface area contributed by atoms with Crippen molar-refractivity contribution < 1.29 is 28.6 Å². The van der Waals surface area contributed by atoms with Crippen LogP contribution in [0.25, 0.3) is 0 Å². The van der Waals surface area contributed by atoms with Gasteiger partial charge in [0.2, 0.25) is 0 Å². The van der Waals surface area contributed by atoms with Crippen molar-refractivity contribution >= 4 is 17.9 Å². The normalized spacial score (nSPS) is 13.3. The van der Waals surface area contributed by atoms with E-state index in [-0.39, 0.29) is 31.1 Å². The van der Waals surface area contributed by atoms with Crippen LogP contribution in [0.1, 0.15) is 265 Å². The molecule has 0 spiro atoms. The minimum atomic E-state index is -0.815. The topological polar surface area (TPSA) is 78.9 Å². The first-order chi connectivity index (χ1) is 41.0. The number of hydrogen-bond acceptors (Lipinski definition) is 6. The first-order valence-corrected chi connectivity index (χ1v) is 33.3. The number of allylic oxidation sites excluding steroid dienone is 30. The molecule has 0 aliphatic carbocycles. The lowest BCUT2D eigenvalue weighted by atomic mass is 10.1. The number of rotatable bonds is 58. The zero-order chi connectivity index (χ0) is 59.9. The molecule has 1 unspecified atom stereocenters. The van der Waals surface area contributed by atoms with Gasteiger partial charge >= 0.3 is 17.9 Å². The highest BCUT2D eigenvalue weighted by atomic mass is 16.6. The molecule has 0 saturated carbocycles. The predicted molar refractivity (Wildman–Crippen MR) is 361 cm³/mol. The summed E-state index contributed by atoms with van der Waals surface area (Å²) in [5.41, 5.74) is 0. The van der Waals surface area contributed by atoms with Crippen molar-refractivity contribution in [2.24, 2.45) is 0 Å². The van der Waals surface area contributed by atoms with E-state index in [4.69, 9.17) is 14.2 Å². The highest BCUT2D eigenvalue weighted by Crippen LogP contribution is 2.14. The molecular weight excluding hydrogens is 1020 g/mol. The van der Waals surface area contributed by atoms with E-state index in [0.717, 1.165) is 167 Å². The summed E-state index contributed by atoms with van der Waals surface area (Å²) in [5.74, 6) is -0.973. The van der Waals surface area contributed by atoms with E-state index < -0.39 is 6.10 Å². The predicted octanol–water partition coefficient (Wildman–Crippen LogP) is 23.2. The van der Waals surface area contributed by atoms with Gasteiger partial charge in [-0.2, -0.15) is 0 Å². The minimum Gasteiger partial charge on any atom is -0.462 e. The molecular formula is C77H120O6. The van der Waals surface area contributed by atoms with Crippen LogP contribution in [0, 0.1) is 0 Å². The molecule has 0 aliphatic heterocycles. The van der Waals surface area contributed by atoms with Crippen LogP contribution < -0.4 is 0 Å². The van der Waals surface area contributed by atoms with E-state index in [9.17, 15) is 14.4 Å². The zero-order valence-electron chi connectivity index (χ0n) is 53.1. The van der Waals surface area contributed by atoms with Gasteiger partial charge in [0.25, 0.3) is 0 Å². The molecule has 6 heteroatoms. The van der Waals surface area contributed by atoms with Crippen LogP contribution >= 0.6 is 0 Å². The van der Waals surface area contributed by atoms with E-state index in [1.807, 2.05) is 0 Å². The number of carbonyl (C=O) groups excluding carboxylic acids is 3. The van der Waals surface area contributed by atoms with Gasteiger partial charge < -0.3 is 14.2 Å². The summed E-state index contributed by atoms with van der Waals surface area (Å²) in [4.78, 5) is 38.3. The molecule has 0 saturated heterocycles. The molecule has 0 rings (SSSR count). The van der Waals surface area contributed by atoms with Gasteiger partial charge in [0.05, 0.1) is 0 Å². The van der Waals surface area contributed by atoms with Gasteiger partial charge in [0.15, 0.2) is 6.10 Å². The largest absolute Gasteiger partial charge is 0.462 e. The van der Waals surface area contributed by atoms with Gasteiger partial charge in [-0.1, -0.05) is 274 Å². The zero-order valence-corrected chi connectivity index (χ0v) is 53.1. The second-order valence-electron chi connectivity index (χ2n) is 21.2. The smallest absolute Gasteiger partial charge is 0.306 e. The second kappa shape index (κ2) is 69.0. The summed E-state index contributed by atoms with van der Waals surface area (Å²) >= 11 is 0. The van der Waals surface area contributed by atoms with Crippen molar-refractivity contribution in [3.8, 4) is 0 Å². The minimum absolute atomic E-state index is 0.108. The summed E-state index contributed by atoms with van der Waals surface area (Å²) in [7, 11) is 0. The third-order valence-corrected chi connectivity index (χ3v) is 13.4. The molecule has 0 aromatic heterocycles. The van der Waals surface area contributed by atoms with Crippen LogP contribution in [-0.4, -0.2) is 37.2 Å². The third kappa shape index (κ3) is 67.2. The van der Waals surface area contributed by atoms with E-state index in [1.165, 1.54) is 51.4 Å². The molecule has 6 nitrogen and oxygen atoms in total. The molecule has 0 heterocycles. The number of unbranched alkanes of at least 4 members (excludes halogenated alkanes) is 17. The van der Waals surface area contributed by atoms with Gasteiger partial charge in [-0.15, -0.1) is 0 Å². The lowest BCUT2D eigenvalue weighted by Crippen LogP contribution is -2.30. The fourth-order valence-corrected chi connectivity index (χ4v) is 8.52. The van der Waals surface area contributed by atoms with Crippen LogP contribution in [0.2, 0.25) is 0 Å². The Morgan fingerprint density at radius 3 is 0.699 bits per heavy atom. The average Bonchev–Trinajstić information content (AvgIpc) is 3.49. The van der Waals surface area contributed by atoms with Crippen LogP contribution in [0.15, 0.2) is 182 Å². The van der Waals surface area contributed by atoms with E-state index in [1.54, 1.807) is 0 Å². The maximum Gasteiger partial charge on any atom is 0.306 e. The summed E-state index contributed by atoms with van der Waals surface area (Å²) in [6.45, 7) is 6.24. The highest BCUT2D eigenvalue weighted by Gasteiger charge is 2.19. The molecule has 0 N–H and O–H groups in total. The van der Waals surface area contributed by atoms with E-state index >= 15 is 0 Å². The molecule has 0 aromatic carbocycles.